The first-order valence-electron chi connectivity index (χ1n) is 7.15. The number of carbonyl (C=O) groups excluding carboxylic acids is 1. The van der Waals surface area contributed by atoms with Gasteiger partial charge >= 0.3 is 0 Å². The van der Waals surface area contributed by atoms with Gasteiger partial charge in [0, 0.05) is 16.2 Å². The maximum Gasteiger partial charge on any atom is 0.255 e. The molecular formula is C15H21IN2O3. The summed E-state index contributed by atoms with van der Waals surface area (Å²) >= 11 is 2.07. The van der Waals surface area contributed by atoms with Crippen LogP contribution in [0, 0.1) is 3.57 Å². The maximum atomic E-state index is 12.4. The van der Waals surface area contributed by atoms with E-state index in [1.54, 1.807) is 12.1 Å². The number of carbonyl (C=O) groups is 1. The molecule has 1 saturated heterocycles. The van der Waals surface area contributed by atoms with E-state index >= 15 is 0 Å². The van der Waals surface area contributed by atoms with E-state index in [1.165, 1.54) is 13.5 Å². The summed E-state index contributed by atoms with van der Waals surface area (Å²) in [6, 6.07) is 3.70. The van der Waals surface area contributed by atoms with Crippen LogP contribution in [0.2, 0.25) is 0 Å². The van der Waals surface area contributed by atoms with Crippen LogP contribution in [0.5, 0.6) is 11.5 Å². The summed E-state index contributed by atoms with van der Waals surface area (Å²) in [7, 11) is 1.45. The number of ether oxygens (including phenoxy) is 1. The monoisotopic (exact) mass is 404 g/mol. The van der Waals surface area contributed by atoms with Gasteiger partial charge in [0.1, 0.15) is 0 Å². The van der Waals surface area contributed by atoms with Crippen LogP contribution in [0.1, 0.15) is 30.1 Å². The SMILES string of the molecule is CCN1CCC[C@H]1CNC(=O)c1cc(I)cc(O)c1OC. The lowest BCUT2D eigenvalue weighted by Crippen LogP contribution is -2.40. The van der Waals surface area contributed by atoms with E-state index in [-0.39, 0.29) is 17.4 Å². The molecule has 5 nitrogen and oxygen atoms in total. The van der Waals surface area contributed by atoms with Gasteiger partial charge in [0.2, 0.25) is 0 Å². The van der Waals surface area contributed by atoms with Crippen molar-refractivity contribution in [2.24, 2.45) is 0 Å². The largest absolute Gasteiger partial charge is 0.504 e. The number of aromatic hydroxyl groups is 1. The number of nitrogens with zero attached hydrogens (tertiary/aromatic N) is 1. The second-order valence-corrected chi connectivity index (χ2v) is 6.39. The number of rotatable bonds is 5. The number of hydrogen-bond acceptors (Lipinski definition) is 4. The van der Waals surface area contributed by atoms with E-state index < -0.39 is 0 Å². The minimum Gasteiger partial charge on any atom is -0.504 e. The maximum absolute atomic E-state index is 12.4. The molecule has 1 aliphatic rings. The lowest BCUT2D eigenvalue weighted by atomic mass is 10.1. The summed E-state index contributed by atoms with van der Waals surface area (Å²) in [5.74, 6) is 0.0147. The van der Waals surface area contributed by atoms with Crippen molar-refractivity contribution < 1.29 is 14.6 Å². The van der Waals surface area contributed by atoms with Gasteiger partial charge in [-0.05, 0) is 60.7 Å². The van der Waals surface area contributed by atoms with E-state index in [2.05, 4.69) is 39.7 Å². The molecule has 0 unspecified atom stereocenters. The van der Waals surface area contributed by atoms with Gasteiger partial charge in [-0.25, -0.2) is 0 Å². The summed E-state index contributed by atoms with van der Waals surface area (Å²) in [5, 5.41) is 12.8. The third-order valence-electron chi connectivity index (χ3n) is 3.89. The van der Waals surface area contributed by atoms with Gasteiger partial charge in [-0.15, -0.1) is 0 Å². The normalized spacial score (nSPS) is 18.7. The zero-order valence-corrected chi connectivity index (χ0v) is 14.5. The number of amides is 1. The van der Waals surface area contributed by atoms with Crippen LogP contribution in [0.4, 0.5) is 0 Å². The third-order valence-corrected chi connectivity index (χ3v) is 4.51. The Bertz CT molecular complexity index is 522. The van der Waals surface area contributed by atoms with E-state index in [0.717, 1.165) is 23.1 Å². The zero-order valence-electron chi connectivity index (χ0n) is 12.4. The van der Waals surface area contributed by atoms with E-state index in [9.17, 15) is 9.90 Å². The molecular weight excluding hydrogens is 383 g/mol. The van der Waals surface area contributed by atoms with Crippen LogP contribution in [0.25, 0.3) is 0 Å². The van der Waals surface area contributed by atoms with Crippen molar-refractivity contribution in [3.63, 3.8) is 0 Å². The number of benzene rings is 1. The highest BCUT2D eigenvalue weighted by Crippen LogP contribution is 2.32. The van der Waals surface area contributed by atoms with Crippen molar-refractivity contribution in [3.8, 4) is 11.5 Å². The lowest BCUT2D eigenvalue weighted by molar-refractivity contribution is 0.0937. The van der Waals surface area contributed by atoms with Crippen LogP contribution in [0.3, 0.4) is 0 Å². The van der Waals surface area contributed by atoms with E-state index in [4.69, 9.17) is 4.74 Å². The van der Waals surface area contributed by atoms with Gasteiger partial charge in [-0.1, -0.05) is 6.92 Å². The van der Waals surface area contributed by atoms with Gasteiger partial charge in [0.15, 0.2) is 11.5 Å². The topological polar surface area (TPSA) is 61.8 Å². The van der Waals surface area contributed by atoms with Crippen molar-refractivity contribution in [2.75, 3.05) is 26.7 Å². The average Bonchev–Trinajstić information content (AvgIpc) is 2.91. The Kier molecular flexibility index (Phi) is 5.69. The van der Waals surface area contributed by atoms with Gasteiger partial charge in [-0.3, -0.25) is 9.69 Å². The smallest absolute Gasteiger partial charge is 0.255 e. The van der Waals surface area contributed by atoms with Crippen LogP contribution in [-0.4, -0.2) is 48.7 Å². The number of phenolic OH excluding ortho intramolecular Hbond substituents is 1. The molecule has 1 heterocycles. The second kappa shape index (κ2) is 7.31. The molecule has 1 aliphatic heterocycles. The average molecular weight is 404 g/mol. The quantitative estimate of drug-likeness (QED) is 0.739. The molecule has 1 amide bonds. The lowest BCUT2D eigenvalue weighted by Gasteiger charge is -2.23. The van der Waals surface area contributed by atoms with Gasteiger partial charge in [0.25, 0.3) is 5.91 Å². The minimum atomic E-state index is -0.205. The van der Waals surface area contributed by atoms with Crippen molar-refractivity contribution in [2.45, 2.75) is 25.8 Å². The molecule has 0 radical (unpaired) electrons. The Labute approximate surface area is 138 Å². The molecule has 2 N–H and O–H groups in total. The van der Waals surface area contributed by atoms with Crippen LogP contribution in [-0.2, 0) is 0 Å². The van der Waals surface area contributed by atoms with Crippen molar-refractivity contribution in [3.05, 3.63) is 21.3 Å². The number of methoxy groups -OCH3 is 1. The fourth-order valence-corrected chi connectivity index (χ4v) is 3.42. The highest BCUT2D eigenvalue weighted by atomic mass is 127. The van der Waals surface area contributed by atoms with Crippen LogP contribution in [0.15, 0.2) is 12.1 Å². The zero-order chi connectivity index (χ0) is 15.4. The van der Waals surface area contributed by atoms with Crippen molar-refractivity contribution in [1.82, 2.24) is 10.2 Å². The molecule has 0 aromatic heterocycles. The Morgan fingerprint density at radius 3 is 3.00 bits per heavy atom. The number of phenols is 1. The van der Waals surface area contributed by atoms with Crippen LogP contribution >= 0.6 is 22.6 Å². The molecule has 2 rings (SSSR count). The molecule has 6 heteroatoms. The summed E-state index contributed by atoms with van der Waals surface area (Å²) in [6.45, 7) is 4.88. The second-order valence-electron chi connectivity index (χ2n) is 5.14. The summed E-state index contributed by atoms with van der Waals surface area (Å²) in [4.78, 5) is 14.7. The third kappa shape index (κ3) is 3.79. The summed E-state index contributed by atoms with van der Waals surface area (Å²) < 4.78 is 5.94. The fourth-order valence-electron chi connectivity index (χ4n) is 2.81. The number of nitrogens with one attached hydrogen (secondary N) is 1. The van der Waals surface area contributed by atoms with Crippen molar-refractivity contribution in [1.29, 1.82) is 0 Å². The molecule has 1 aromatic rings. The molecule has 0 aliphatic carbocycles. The number of likely N-dealkylation sites (tertiary alicyclic amines) is 1. The highest BCUT2D eigenvalue weighted by molar-refractivity contribution is 14.1. The van der Waals surface area contributed by atoms with Gasteiger partial charge in [-0.2, -0.15) is 0 Å². The molecule has 1 aromatic carbocycles. The molecule has 0 bridgehead atoms. The standard InChI is InChI=1S/C15H21IN2O3/c1-3-18-6-4-5-11(18)9-17-15(20)12-7-10(16)8-13(19)14(12)21-2/h7-8,11,19H,3-6,9H2,1-2H3,(H,17,20)/t11-/m0/s1. The molecule has 1 fully saturated rings. The van der Waals surface area contributed by atoms with Gasteiger partial charge in [0.05, 0.1) is 12.7 Å². The molecule has 21 heavy (non-hydrogen) atoms. The van der Waals surface area contributed by atoms with E-state index in [1.807, 2.05) is 0 Å². The Balaban J connectivity index is 2.07. The predicted octanol–water partition coefficient (Wildman–Crippen LogP) is 2.22. The molecule has 116 valence electrons. The Hall–Kier alpha value is -1.02. The first-order valence-corrected chi connectivity index (χ1v) is 8.23. The van der Waals surface area contributed by atoms with Crippen molar-refractivity contribution >= 4 is 28.5 Å². The molecule has 1 atom stereocenters. The fraction of sp³-hybridized carbons (Fsp3) is 0.533. The Morgan fingerprint density at radius 1 is 1.57 bits per heavy atom. The number of halogens is 1. The first-order chi connectivity index (χ1) is 10.1. The summed E-state index contributed by atoms with van der Waals surface area (Å²) in [6.07, 6.45) is 2.30. The molecule has 0 saturated carbocycles. The van der Waals surface area contributed by atoms with E-state index in [0.29, 0.717) is 18.2 Å². The van der Waals surface area contributed by atoms with Gasteiger partial charge < -0.3 is 15.2 Å². The minimum absolute atomic E-state index is 0.00870. The van der Waals surface area contributed by atoms with Crippen LogP contribution < -0.4 is 10.1 Å². The summed E-state index contributed by atoms with van der Waals surface area (Å²) in [5.41, 5.74) is 0.378. The highest BCUT2D eigenvalue weighted by Gasteiger charge is 2.24. The number of likely N-dealkylation sites (N-methyl/N-ethyl adjacent to an activating group) is 1. The first kappa shape index (κ1) is 16.4. The predicted molar refractivity (Wildman–Crippen MR) is 90.0 cm³/mol. The Morgan fingerprint density at radius 2 is 2.33 bits per heavy atom. The molecule has 0 spiro atoms. The number of hydrogen-bond donors (Lipinski definition) is 2.